The molecule has 0 aliphatic heterocycles. The van der Waals surface area contributed by atoms with Gasteiger partial charge < -0.3 is 4.74 Å². The number of nitrogens with zero attached hydrogens (tertiary/aromatic N) is 2. The molecule has 0 radical (unpaired) electrons. The average molecular weight is 292 g/mol. The van der Waals surface area contributed by atoms with Crippen molar-refractivity contribution in [1.29, 1.82) is 0 Å². The third kappa shape index (κ3) is 3.40. The van der Waals surface area contributed by atoms with Crippen molar-refractivity contribution in [2.75, 3.05) is 13.7 Å². The molecule has 5 nitrogen and oxygen atoms in total. The van der Waals surface area contributed by atoms with Crippen molar-refractivity contribution < 1.29 is 9.66 Å². The van der Waals surface area contributed by atoms with Crippen molar-refractivity contribution in [3.63, 3.8) is 0 Å². The normalized spacial score (nSPS) is 10.7. The van der Waals surface area contributed by atoms with E-state index in [-0.39, 0.29) is 10.6 Å². The Bertz CT molecular complexity index is 610. The molecule has 0 aliphatic carbocycles. The molecule has 2 aromatic rings. The van der Waals surface area contributed by atoms with Gasteiger partial charge in [0.15, 0.2) is 0 Å². The van der Waals surface area contributed by atoms with Crippen LogP contribution in [0.4, 0.5) is 5.69 Å². The van der Waals surface area contributed by atoms with E-state index in [9.17, 15) is 10.1 Å². The van der Waals surface area contributed by atoms with Gasteiger partial charge in [0.2, 0.25) is 0 Å². The van der Waals surface area contributed by atoms with E-state index in [1.165, 1.54) is 0 Å². The predicted molar refractivity (Wildman–Crippen MR) is 79.1 cm³/mol. The second-order valence-electron chi connectivity index (χ2n) is 4.48. The van der Waals surface area contributed by atoms with Gasteiger partial charge in [-0.25, -0.2) is 4.98 Å². The summed E-state index contributed by atoms with van der Waals surface area (Å²) < 4.78 is 5.01. The van der Waals surface area contributed by atoms with Gasteiger partial charge in [0.05, 0.1) is 15.6 Å². The molecular weight excluding hydrogens is 276 g/mol. The molecule has 0 saturated heterocycles. The Balaban J connectivity index is 2.19. The molecule has 0 aliphatic rings. The molecule has 1 aromatic heterocycles. The molecule has 106 valence electrons. The van der Waals surface area contributed by atoms with Crippen LogP contribution >= 0.6 is 11.3 Å². The zero-order valence-electron chi connectivity index (χ0n) is 11.5. The second-order valence-corrected chi connectivity index (χ2v) is 5.42. The Kier molecular flexibility index (Phi) is 4.81. The first-order chi connectivity index (χ1) is 9.61. The van der Waals surface area contributed by atoms with E-state index in [1.54, 1.807) is 37.5 Å². The number of hydrogen-bond donors (Lipinski definition) is 0. The summed E-state index contributed by atoms with van der Waals surface area (Å²) in [6.07, 6.45) is 1.80. The van der Waals surface area contributed by atoms with Crippen LogP contribution in [0.3, 0.4) is 0 Å². The van der Waals surface area contributed by atoms with E-state index in [1.807, 2.05) is 11.4 Å². The Morgan fingerprint density at radius 3 is 2.95 bits per heavy atom. The van der Waals surface area contributed by atoms with Gasteiger partial charge in [-0.3, -0.25) is 10.1 Å². The highest BCUT2D eigenvalue weighted by Gasteiger charge is 2.13. The maximum atomic E-state index is 11.0. The summed E-state index contributed by atoms with van der Waals surface area (Å²) in [5, 5.41) is 13.9. The fourth-order valence-electron chi connectivity index (χ4n) is 1.89. The monoisotopic (exact) mass is 292 g/mol. The quantitative estimate of drug-likeness (QED) is 0.463. The number of hydrogen-bond acceptors (Lipinski definition) is 5. The summed E-state index contributed by atoms with van der Waals surface area (Å²) in [6, 6.07) is 5.22. The summed E-state index contributed by atoms with van der Waals surface area (Å²) >= 11 is 1.58. The average Bonchev–Trinajstić information content (AvgIpc) is 2.88. The number of methoxy groups -OCH3 is 1. The number of rotatable bonds is 6. The lowest BCUT2D eigenvalue weighted by atomic mass is 10.1. The molecule has 1 aromatic carbocycles. The molecule has 0 atom stereocenters. The van der Waals surface area contributed by atoms with Crippen molar-refractivity contribution in [2.45, 2.75) is 19.8 Å². The molecule has 2 rings (SSSR count). The lowest BCUT2D eigenvalue weighted by Crippen LogP contribution is -1.93. The fraction of sp³-hybridized carbons (Fsp3) is 0.357. The van der Waals surface area contributed by atoms with Crippen molar-refractivity contribution >= 4 is 17.0 Å². The van der Waals surface area contributed by atoms with E-state index in [2.05, 4.69) is 4.98 Å². The number of thiazole rings is 1. The molecular formula is C14H16N2O3S. The third-order valence-corrected chi connectivity index (χ3v) is 3.90. The molecule has 20 heavy (non-hydrogen) atoms. The largest absolute Gasteiger partial charge is 0.385 e. The Morgan fingerprint density at radius 1 is 1.45 bits per heavy atom. The minimum atomic E-state index is -0.356. The molecule has 0 fully saturated rings. The minimum absolute atomic E-state index is 0.136. The zero-order chi connectivity index (χ0) is 14.5. The fourth-order valence-corrected chi connectivity index (χ4v) is 2.74. The maximum absolute atomic E-state index is 11.0. The lowest BCUT2D eigenvalue weighted by molar-refractivity contribution is -0.385. The number of nitro benzene ring substituents is 1. The van der Waals surface area contributed by atoms with Crippen LogP contribution in [0, 0.1) is 17.0 Å². The van der Waals surface area contributed by atoms with Crippen LogP contribution in [-0.4, -0.2) is 23.6 Å². The second kappa shape index (κ2) is 6.58. The van der Waals surface area contributed by atoms with E-state index >= 15 is 0 Å². The highest BCUT2D eigenvalue weighted by atomic mass is 32.1. The first-order valence-corrected chi connectivity index (χ1v) is 7.18. The van der Waals surface area contributed by atoms with E-state index in [0.717, 1.165) is 29.1 Å². The zero-order valence-corrected chi connectivity index (χ0v) is 12.3. The van der Waals surface area contributed by atoms with Gasteiger partial charge >= 0.3 is 0 Å². The van der Waals surface area contributed by atoms with Crippen molar-refractivity contribution in [1.82, 2.24) is 4.98 Å². The lowest BCUT2D eigenvalue weighted by Gasteiger charge is -2.00. The van der Waals surface area contributed by atoms with E-state index in [0.29, 0.717) is 12.2 Å². The van der Waals surface area contributed by atoms with Crippen molar-refractivity contribution in [3.05, 3.63) is 44.3 Å². The van der Waals surface area contributed by atoms with Crippen LogP contribution < -0.4 is 0 Å². The number of benzene rings is 1. The molecule has 0 amide bonds. The smallest absolute Gasteiger partial charge is 0.272 e. The first-order valence-electron chi connectivity index (χ1n) is 6.30. The number of aromatic nitrogens is 1. The summed E-state index contributed by atoms with van der Waals surface area (Å²) in [6.45, 7) is 2.45. The van der Waals surface area contributed by atoms with Crippen LogP contribution in [0.5, 0.6) is 0 Å². The van der Waals surface area contributed by atoms with Gasteiger partial charge in [-0.2, -0.15) is 0 Å². The number of ether oxygens (including phenoxy) is 1. The standard InChI is InChI=1S/C14H16N2O3S/c1-10-5-6-11(8-13(10)16(17)18)12-9-20-14(15-12)4-3-7-19-2/h5-6,8-9H,3-4,7H2,1-2H3. The van der Waals surface area contributed by atoms with Crippen LogP contribution in [0.15, 0.2) is 23.6 Å². The SMILES string of the molecule is COCCCc1nc(-c2ccc(C)c([N+](=O)[O-])c2)cs1. The molecule has 0 bridgehead atoms. The van der Waals surface area contributed by atoms with Gasteiger partial charge in [-0.05, 0) is 13.3 Å². The van der Waals surface area contributed by atoms with Crippen LogP contribution in [0.1, 0.15) is 17.0 Å². The topological polar surface area (TPSA) is 65.3 Å². The van der Waals surface area contributed by atoms with Gasteiger partial charge in [0.25, 0.3) is 5.69 Å². The Labute approximate surface area is 121 Å². The van der Waals surface area contributed by atoms with Crippen LogP contribution in [-0.2, 0) is 11.2 Å². The number of nitro groups is 1. The minimum Gasteiger partial charge on any atom is -0.385 e. The Hall–Kier alpha value is -1.79. The van der Waals surface area contributed by atoms with E-state index < -0.39 is 0 Å². The molecule has 1 heterocycles. The van der Waals surface area contributed by atoms with Gasteiger partial charge in [-0.15, -0.1) is 11.3 Å². The van der Waals surface area contributed by atoms with E-state index in [4.69, 9.17) is 4.74 Å². The summed E-state index contributed by atoms with van der Waals surface area (Å²) in [5.74, 6) is 0. The number of aryl methyl sites for hydroxylation is 2. The van der Waals surface area contributed by atoms with Gasteiger partial charge in [-0.1, -0.05) is 12.1 Å². The first kappa shape index (κ1) is 14.6. The maximum Gasteiger partial charge on any atom is 0.272 e. The summed E-state index contributed by atoms with van der Waals surface area (Å²) in [4.78, 5) is 15.1. The third-order valence-electron chi connectivity index (χ3n) is 2.99. The summed E-state index contributed by atoms with van der Waals surface area (Å²) in [7, 11) is 1.68. The molecule has 0 saturated carbocycles. The highest BCUT2D eigenvalue weighted by molar-refractivity contribution is 7.09. The van der Waals surface area contributed by atoms with Crippen LogP contribution in [0.25, 0.3) is 11.3 Å². The molecule has 0 unspecified atom stereocenters. The highest BCUT2D eigenvalue weighted by Crippen LogP contribution is 2.28. The van der Waals surface area contributed by atoms with Crippen molar-refractivity contribution in [3.8, 4) is 11.3 Å². The summed E-state index contributed by atoms with van der Waals surface area (Å²) in [5.41, 5.74) is 2.38. The predicted octanol–water partition coefficient (Wildman–Crippen LogP) is 3.61. The van der Waals surface area contributed by atoms with Crippen LogP contribution in [0.2, 0.25) is 0 Å². The Morgan fingerprint density at radius 2 is 2.25 bits per heavy atom. The molecule has 0 spiro atoms. The van der Waals surface area contributed by atoms with Crippen molar-refractivity contribution in [2.24, 2.45) is 0 Å². The van der Waals surface area contributed by atoms with Gasteiger partial charge in [0, 0.05) is 42.7 Å². The van der Waals surface area contributed by atoms with Gasteiger partial charge in [0.1, 0.15) is 0 Å². The molecule has 6 heteroatoms. The molecule has 0 N–H and O–H groups in total.